The van der Waals surface area contributed by atoms with Crippen molar-refractivity contribution in [2.24, 2.45) is 0 Å². The lowest BCUT2D eigenvalue weighted by Gasteiger charge is -2.20. The Kier molecular flexibility index (Phi) is 2.89. The number of rotatable bonds is 1. The van der Waals surface area contributed by atoms with Gasteiger partial charge in [-0.1, -0.05) is 0 Å². The summed E-state index contributed by atoms with van der Waals surface area (Å²) in [5.74, 6) is 0.455. The molecule has 2 amide bonds. The Balaban J connectivity index is 1.96. The molecule has 0 aromatic heterocycles. The van der Waals surface area contributed by atoms with E-state index in [1.165, 1.54) is 6.92 Å². The quantitative estimate of drug-likeness (QED) is 0.835. The van der Waals surface area contributed by atoms with Gasteiger partial charge in [0.1, 0.15) is 12.4 Å². The molecule has 100 valence electrons. The first kappa shape index (κ1) is 12.0. The monoisotopic (exact) mass is 260 g/mol. The molecule has 5 heteroatoms. The molecule has 1 saturated heterocycles. The fourth-order valence-electron chi connectivity index (χ4n) is 2.72. The highest BCUT2D eigenvalue weighted by Gasteiger charge is 2.34. The van der Waals surface area contributed by atoms with Crippen molar-refractivity contribution in [2.75, 3.05) is 18.5 Å². The highest BCUT2D eigenvalue weighted by Crippen LogP contribution is 2.31. The first-order valence-electron chi connectivity index (χ1n) is 6.50. The maximum Gasteiger partial charge on any atom is 0.258 e. The molecule has 0 unspecified atom stereocenters. The van der Waals surface area contributed by atoms with E-state index in [1.54, 1.807) is 18.2 Å². The molecule has 5 nitrogen and oxygen atoms in total. The summed E-state index contributed by atoms with van der Waals surface area (Å²) in [6.07, 6.45) is 2.03. The second-order valence-electron chi connectivity index (χ2n) is 5.00. The summed E-state index contributed by atoms with van der Waals surface area (Å²) in [5.41, 5.74) is 1.16. The van der Waals surface area contributed by atoms with Gasteiger partial charge in [-0.05, 0) is 31.0 Å². The van der Waals surface area contributed by atoms with E-state index >= 15 is 0 Å². The van der Waals surface area contributed by atoms with Crippen LogP contribution in [0.25, 0.3) is 0 Å². The molecule has 0 radical (unpaired) electrons. The van der Waals surface area contributed by atoms with E-state index in [2.05, 4.69) is 5.32 Å². The maximum absolute atomic E-state index is 12.5. The average molecular weight is 260 g/mol. The zero-order chi connectivity index (χ0) is 13.4. The largest absolute Gasteiger partial charge is 0.491 e. The predicted molar refractivity (Wildman–Crippen MR) is 70.3 cm³/mol. The van der Waals surface area contributed by atoms with Crippen LogP contribution in [-0.2, 0) is 4.79 Å². The molecular weight excluding hydrogens is 244 g/mol. The number of benzene rings is 1. The third-order valence-electron chi connectivity index (χ3n) is 3.60. The molecule has 0 spiro atoms. The number of nitrogens with one attached hydrogen (secondary N) is 1. The first-order chi connectivity index (χ1) is 9.15. The van der Waals surface area contributed by atoms with Crippen LogP contribution in [0.15, 0.2) is 18.2 Å². The number of nitrogens with zero attached hydrogens (tertiary/aromatic N) is 1. The minimum Gasteiger partial charge on any atom is -0.491 e. The molecule has 1 fully saturated rings. The number of carbonyl (C=O) groups is 2. The minimum atomic E-state index is -0.152. The van der Waals surface area contributed by atoms with Gasteiger partial charge < -0.3 is 15.0 Å². The Morgan fingerprint density at radius 1 is 1.47 bits per heavy atom. The summed E-state index contributed by atoms with van der Waals surface area (Å²) in [6, 6.07) is 5.38. The normalized spacial score (nSPS) is 21.2. The summed E-state index contributed by atoms with van der Waals surface area (Å²) in [4.78, 5) is 25.4. The number of anilines is 1. The first-order valence-corrected chi connectivity index (χ1v) is 6.50. The van der Waals surface area contributed by atoms with E-state index in [0.29, 0.717) is 23.6 Å². The van der Waals surface area contributed by atoms with E-state index in [0.717, 1.165) is 19.4 Å². The minimum absolute atomic E-state index is 0.00204. The number of fused-ring (bicyclic) bond motifs is 2. The summed E-state index contributed by atoms with van der Waals surface area (Å²) in [5, 5.41) is 2.69. The molecule has 3 rings (SSSR count). The second kappa shape index (κ2) is 4.57. The number of hydrogen-bond donors (Lipinski definition) is 1. The fraction of sp³-hybridized carbons (Fsp3) is 0.429. The number of carbonyl (C=O) groups excluding carboxylic acids is 2. The van der Waals surface area contributed by atoms with Crippen molar-refractivity contribution in [3.8, 4) is 5.75 Å². The van der Waals surface area contributed by atoms with Crippen molar-refractivity contribution in [3.05, 3.63) is 23.8 Å². The Hall–Kier alpha value is -2.04. The van der Waals surface area contributed by atoms with Crippen molar-refractivity contribution in [1.82, 2.24) is 4.90 Å². The molecular formula is C14H16N2O3. The van der Waals surface area contributed by atoms with Gasteiger partial charge in [0.25, 0.3) is 5.91 Å². The van der Waals surface area contributed by atoms with Gasteiger partial charge in [0.2, 0.25) is 5.91 Å². The number of amides is 2. The zero-order valence-electron chi connectivity index (χ0n) is 10.8. The molecule has 1 atom stereocenters. The Morgan fingerprint density at radius 2 is 2.32 bits per heavy atom. The Bertz CT molecular complexity index is 541. The van der Waals surface area contributed by atoms with Crippen LogP contribution >= 0.6 is 0 Å². The van der Waals surface area contributed by atoms with Crippen LogP contribution in [0.1, 0.15) is 30.1 Å². The number of ether oxygens (including phenoxy) is 1. The van der Waals surface area contributed by atoms with Crippen molar-refractivity contribution in [3.63, 3.8) is 0 Å². The van der Waals surface area contributed by atoms with Gasteiger partial charge in [-0.25, -0.2) is 0 Å². The van der Waals surface area contributed by atoms with Crippen molar-refractivity contribution in [1.29, 1.82) is 0 Å². The van der Waals surface area contributed by atoms with Crippen LogP contribution in [0, 0.1) is 0 Å². The Morgan fingerprint density at radius 3 is 3.11 bits per heavy atom. The van der Waals surface area contributed by atoms with Crippen LogP contribution < -0.4 is 10.1 Å². The van der Waals surface area contributed by atoms with E-state index in [-0.39, 0.29) is 17.9 Å². The molecule has 1 N–H and O–H groups in total. The van der Waals surface area contributed by atoms with Crippen molar-refractivity contribution >= 4 is 17.5 Å². The van der Waals surface area contributed by atoms with Crippen LogP contribution in [0.2, 0.25) is 0 Å². The summed E-state index contributed by atoms with van der Waals surface area (Å²) >= 11 is 0. The molecule has 0 aliphatic carbocycles. The van der Waals surface area contributed by atoms with Crippen LogP contribution in [0.3, 0.4) is 0 Å². The fourth-order valence-corrected chi connectivity index (χ4v) is 2.72. The molecule has 1 aromatic carbocycles. The van der Waals surface area contributed by atoms with Crippen LogP contribution in [0.5, 0.6) is 5.75 Å². The molecule has 0 saturated carbocycles. The molecule has 2 aliphatic rings. The van der Waals surface area contributed by atoms with Gasteiger partial charge in [-0.2, -0.15) is 0 Å². The zero-order valence-corrected chi connectivity index (χ0v) is 10.8. The maximum atomic E-state index is 12.5. The number of hydrogen-bond acceptors (Lipinski definition) is 3. The van der Waals surface area contributed by atoms with E-state index < -0.39 is 0 Å². The van der Waals surface area contributed by atoms with Gasteiger partial charge in [0.15, 0.2) is 0 Å². The van der Waals surface area contributed by atoms with Gasteiger partial charge in [-0.15, -0.1) is 0 Å². The topological polar surface area (TPSA) is 58.6 Å². The molecule has 19 heavy (non-hydrogen) atoms. The second-order valence-corrected chi connectivity index (χ2v) is 5.00. The summed E-state index contributed by atoms with van der Waals surface area (Å²) < 4.78 is 5.72. The lowest BCUT2D eigenvalue weighted by Crippen LogP contribution is -2.36. The lowest BCUT2D eigenvalue weighted by molar-refractivity contribution is -0.114. The van der Waals surface area contributed by atoms with Crippen LogP contribution in [-0.4, -0.2) is 35.9 Å². The molecule has 2 aliphatic heterocycles. The van der Waals surface area contributed by atoms with Crippen molar-refractivity contribution < 1.29 is 14.3 Å². The van der Waals surface area contributed by atoms with Crippen molar-refractivity contribution in [2.45, 2.75) is 25.8 Å². The molecule has 0 bridgehead atoms. The predicted octanol–water partition coefficient (Wildman–Crippen LogP) is 1.64. The highest BCUT2D eigenvalue weighted by atomic mass is 16.5. The van der Waals surface area contributed by atoms with Gasteiger partial charge in [0.05, 0.1) is 11.6 Å². The Labute approximate surface area is 111 Å². The molecule has 1 aromatic rings. The highest BCUT2D eigenvalue weighted by molar-refractivity contribution is 5.99. The van der Waals surface area contributed by atoms with E-state index in [1.807, 2.05) is 4.90 Å². The van der Waals surface area contributed by atoms with Gasteiger partial charge in [-0.3, -0.25) is 9.59 Å². The average Bonchev–Trinajstić information content (AvgIpc) is 2.79. The van der Waals surface area contributed by atoms with Crippen LogP contribution in [0.4, 0.5) is 5.69 Å². The smallest absolute Gasteiger partial charge is 0.258 e. The molecule has 2 heterocycles. The SMILES string of the molecule is CC(=O)Nc1ccc2c(c1)C(=O)N1CCC[C@H]1CO2. The standard InChI is InChI=1S/C14H16N2O3/c1-9(17)15-10-4-5-13-12(7-10)14(18)16-6-2-3-11(16)8-19-13/h4-5,7,11H,2-3,6,8H2,1H3,(H,15,17)/t11-/m0/s1. The summed E-state index contributed by atoms with van der Waals surface area (Å²) in [6.45, 7) is 2.79. The third-order valence-corrected chi connectivity index (χ3v) is 3.60. The van der Waals surface area contributed by atoms with E-state index in [4.69, 9.17) is 4.74 Å². The van der Waals surface area contributed by atoms with Gasteiger partial charge >= 0.3 is 0 Å². The lowest BCUT2D eigenvalue weighted by atomic mass is 10.1. The summed E-state index contributed by atoms with van der Waals surface area (Å²) in [7, 11) is 0. The van der Waals surface area contributed by atoms with E-state index in [9.17, 15) is 9.59 Å². The van der Waals surface area contributed by atoms with Gasteiger partial charge in [0, 0.05) is 19.2 Å². The third kappa shape index (κ3) is 2.16.